The quantitative estimate of drug-likeness (QED) is 0.498. The minimum absolute atomic E-state index is 0.360. The lowest BCUT2D eigenvalue weighted by Crippen LogP contribution is -1.96. The molecule has 1 unspecified atom stereocenters. The van der Waals surface area contributed by atoms with Gasteiger partial charge < -0.3 is 4.52 Å². The first kappa shape index (κ1) is 14.2. The zero-order valence-corrected chi connectivity index (χ0v) is 12.4. The molecule has 0 aliphatic rings. The van der Waals surface area contributed by atoms with E-state index in [-0.39, 0.29) is 0 Å². The van der Waals surface area contributed by atoms with Crippen LogP contribution in [0.1, 0.15) is 36.6 Å². The van der Waals surface area contributed by atoms with Crippen molar-refractivity contribution in [2.45, 2.75) is 25.4 Å². The third kappa shape index (κ3) is 4.45. The van der Waals surface area contributed by atoms with E-state index in [0.717, 1.165) is 13.0 Å². The van der Waals surface area contributed by atoms with Gasteiger partial charge in [-0.1, -0.05) is 74.0 Å². The van der Waals surface area contributed by atoms with Crippen molar-refractivity contribution < 1.29 is 4.52 Å². The molecule has 1 atom stereocenters. The molecule has 1 nitrogen and oxygen atoms in total. The summed E-state index contributed by atoms with van der Waals surface area (Å²) in [6, 6.07) is 21.3. The van der Waals surface area contributed by atoms with Gasteiger partial charge in [0.25, 0.3) is 0 Å². The Bertz CT molecular complexity index is 416. The molecule has 2 rings (SSSR count). The van der Waals surface area contributed by atoms with Gasteiger partial charge in [0.1, 0.15) is 0 Å². The van der Waals surface area contributed by atoms with Gasteiger partial charge in [-0.15, -0.1) is 0 Å². The lowest BCUT2D eigenvalue weighted by molar-refractivity contribution is 0.349. The predicted molar refractivity (Wildman–Crippen MR) is 83.9 cm³/mol. The molecule has 0 bridgehead atoms. The average Bonchev–Trinajstić information content (AvgIpc) is 2.49. The summed E-state index contributed by atoms with van der Waals surface area (Å²) in [7, 11) is 0.488. The van der Waals surface area contributed by atoms with Gasteiger partial charge in [-0.25, -0.2) is 0 Å². The van der Waals surface area contributed by atoms with Gasteiger partial charge in [-0.2, -0.15) is 0 Å². The Kier molecular flexibility index (Phi) is 6.07. The van der Waals surface area contributed by atoms with E-state index in [0.29, 0.717) is 14.5 Å². The van der Waals surface area contributed by atoms with Crippen molar-refractivity contribution in [3.63, 3.8) is 0 Å². The Hall–Kier alpha value is -1.17. The fourth-order valence-electron chi connectivity index (χ4n) is 1.98. The van der Waals surface area contributed by atoms with Gasteiger partial charge in [0.2, 0.25) is 0 Å². The number of hydrogen-bond donors (Lipinski definition) is 0. The molecule has 2 aromatic carbocycles. The molecule has 0 aromatic heterocycles. The summed E-state index contributed by atoms with van der Waals surface area (Å²) in [6.45, 7) is 3.06. The third-order valence-corrected chi connectivity index (χ3v) is 4.34. The lowest BCUT2D eigenvalue weighted by atomic mass is 10.0. The fraction of sp³-hybridized carbons (Fsp3) is 0.294. The summed E-state index contributed by atoms with van der Waals surface area (Å²) >= 11 is 0. The second kappa shape index (κ2) is 8.09. The van der Waals surface area contributed by atoms with Crippen LogP contribution >= 0.6 is 8.81 Å². The van der Waals surface area contributed by atoms with E-state index in [1.165, 1.54) is 17.5 Å². The summed E-state index contributed by atoms with van der Waals surface area (Å²) in [5.41, 5.74) is 3.03. The van der Waals surface area contributed by atoms with Crippen LogP contribution in [-0.2, 0) is 4.52 Å². The standard InChI is InChI=1S/C17H21OP/c1-2-3-14-18-19-17(15-10-6-4-7-11-15)16-12-8-5-9-13-16/h4-13,17,19H,2-3,14H2,1H3. The van der Waals surface area contributed by atoms with Gasteiger partial charge in [-0.3, -0.25) is 0 Å². The Morgan fingerprint density at radius 3 is 1.89 bits per heavy atom. The Balaban J connectivity index is 2.10. The molecule has 0 amide bonds. The van der Waals surface area contributed by atoms with Gasteiger partial charge in [0, 0.05) is 8.81 Å². The number of hydrogen-bond acceptors (Lipinski definition) is 1. The van der Waals surface area contributed by atoms with E-state index in [4.69, 9.17) is 4.52 Å². The molecule has 0 N–H and O–H groups in total. The highest BCUT2D eigenvalue weighted by molar-refractivity contribution is 7.33. The van der Waals surface area contributed by atoms with Crippen LogP contribution in [0.4, 0.5) is 0 Å². The van der Waals surface area contributed by atoms with Crippen LogP contribution in [-0.4, -0.2) is 6.61 Å². The Labute approximate surface area is 117 Å². The number of benzene rings is 2. The van der Waals surface area contributed by atoms with Crippen molar-refractivity contribution in [3.8, 4) is 0 Å². The van der Waals surface area contributed by atoms with Crippen molar-refractivity contribution in [1.29, 1.82) is 0 Å². The van der Waals surface area contributed by atoms with Crippen LogP contribution in [0.2, 0.25) is 0 Å². The molecular formula is C17H21OP. The van der Waals surface area contributed by atoms with Gasteiger partial charge in [0.15, 0.2) is 0 Å². The topological polar surface area (TPSA) is 9.23 Å². The van der Waals surface area contributed by atoms with Crippen LogP contribution in [0.3, 0.4) is 0 Å². The first-order valence-corrected chi connectivity index (χ1v) is 7.87. The number of rotatable bonds is 7. The smallest absolute Gasteiger partial charge is 0.0506 e. The summed E-state index contributed by atoms with van der Waals surface area (Å²) < 4.78 is 5.87. The minimum Gasteiger partial charge on any atom is -0.361 e. The van der Waals surface area contributed by atoms with Crippen molar-refractivity contribution >= 4 is 8.81 Å². The largest absolute Gasteiger partial charge is 0.361 e. The monoisotopic (exact) mass is 272 g/mol. The molecule has 100 valence electrons. The maximum absolute atomic E-state index is 5.87. The van der Waals surface area contributed by atoms with Gasteiger partial charge >= 0.3 is 0 Å². The van der Waals surface area contributed by atoms with E-state index >= 15 is 0 Å². The van der Waals surface area contributed by atoms with Crippen LogP contribution in [0.15, 0.2) is 60.7 Å². The molecule has 0 fully saturated rings. The van der Waals surface area contributed by atoms with Crippen LogP contribution < -0.4 is 0 Å². The molecule has 19 heavy (non-hydrogen) atoms. The molecule has 0 aliphatic heterocycles. The Morgan fingerprint density at radius 1 is 0.895 bits per heavy atom. The second-order valence-electron chi connectivity index (χ2n) is 4.57. The zero-order chi connectivity index (χ0) is 13.3. The molecule has 0 aliphatic carbocycles. The molecule has 2 aromatic rings. The highest BCUT2D eigenvalue weighted by atomic mass is 31.1. The van der Waals surface area contributed by atoms with E-state index in [9.17, 15) is 0 Å². The van der Waals surface area contributed by atoms with E-state index in [1.807, 2.05) is 0 Å². The first-order valence-electron chi connectivity index (χ1n) is 6.89. The Morgan fingerprint density at radius 2 is 1.42 bits per heavy atom. The minimum atomic E-state index is 0.360. The molecule has 0 spiro atoms. The normalized spacial score (nSPS) is 11.5. The first-order chi connectivity index (χ1) is 9.42. The second-order valence-corrected chi connectivity index (χ2v) is 5.68. The van der Waals surface area contributed by atoms with E-state index < -0.39 is 0 Å². The molecule has 0 saturated heterocycles. The zero-order valence-electron chi connectivity index (χ0n) is 11.4. The van der Waals surface area contributed by atoms with Crippen molar-refractivity contribution in [1.82, 2.24) is 0 Å². The summed E-state index contributed by atoms with van der Waals surface area (Å²) in [5, 5.41) is 0. The van der Waals surface area contributed by atoms with Crippen molar-refractivity contribution in [3.05, 3.63) is 71.8 Å². The summed E-state index contributed by atoms with van der Waals surface area (Å²) in [4.78, 5) is 0. The number of unbranched alkanes of at least 4 members (excludes halogenated alkanes) is 1. The van der Waals surface area contributed by atoms with Gasteiger partial charge in [0.05, 0.1) is 12.3 Å². The fourth-order valence-corrected chi connectivity index (χ4v) is 3.06. The summed E-state index contributed by atoms with van der Waals surface area (Å²) in [5.74, 6) is 0. The third-order valence-electron chi connectivity index (χ3n) is 3.07. The van der Waals surface area contributed by atoms with Crippen molar-refractivity contribution in [2.75, 3.05) is 6.61 Å². The van der Waals surface area contributed by atoms with Crippen LogP contribution in [0.5, 0.6) is 0 Å². The maximum atomic E-state index is 5.87. The van der Waals surface area contributed by atoms with E-state index in [2.05, 4.69) is 67.6 Å². The van der Waals surface area contributed by atoms with E-state index in [1.54, 1.807) is 0 Å². The highest BCUT2D eigenvalue weighted by Crippen LogP contribution is 2.40. The lowest BCUT2D eigenvalue weighted by Gasteiger charge is -2.17. The SMILES string of the molecule is CCCCOPC(c1ccccc1)c1ccccc1. The predicted octanol–water partition coefficient (Wildman–Crippen LogP) is 5.19. The molecule has 0 heterocycles. The van der Waals surface area contributed by atoms with Crippen LogP contribution in [0, 0.1) is 0 Å². The van der Waals surface area contributed by atoms with Crippen molar-refractivity contribution in [2.24, 2.45) is 0 Å². The maximum Gasteiger partial charge on any atom is 0.0506 e. The molecular weight excluding hydrogens is 251 g/mol. The summed E-state index contributed by atoms with van der Waals surface area (Å²) in [6.07, 6.45) is 2.33. The molecule has 0 saturated carbocycles. The highest BCUT2D eigenvalue weighted by Gasteiger charge is 2.13. The molecule has 2 heteroatoms. The van der Waals surface area contributed by atoms with Crippen LogP contribution in [0.25, 0.3) is 0 Å². The average molecular weight is 272 g/mol. The van der Waals surface area contributed by atoms with Gasteiger partial charge in [-0.05, 0) is 17.5 Å². The molecule has 0 radical (unpaired) electrons.